The van der Waals surface area contributed by atoms with Gasteiger partial charge in [-0.15, -0.1) is 5.10 Å². The first-order valence-corrected chi connectivity index (χ1v) is 4.40. The maximum absolute atomic E-state index is 11.4. The van der Waals surface area contributed by atoms with Crippen LogP contribution in [-0.4, -0.2) is 23.3 Å². The summed E-state index contributed by atoms with van der Waals surface area (Å²) in [6.07, 6.45) is 1.73. The van der Waals surface area contributed by atoms with Crippen LogP contribution in [0.25, 0.3) is 0 Å². The Morgan fingerprint density at radius 3 is 3.13 bits per heavy atom. The highest BCUT2D eigenvalue weighted by Crippen LogP contribution is 2.09. The van der Waals surface area contributed by atoms with Crippen LogP contribution < -0.4 is 5.32 Å². The van der Waals surface area contributed by atoms with Crippen LogP contribution in [0, 0.1) is 6.92 Å². The summed E-state index contributed by atoms with van der Waals surface area (Å²) < 4.78 is 4.80. The maximum atomic E-state index is 11.4. The second-order valence-corrected chi connectivity index (χ2v) is 3.11. The number of nitrogens with one attached hydrogen (secondary N) is 1. The minimum atomic E-state index is -0.266. The van der Waals surface area contributed by atoms with Crippen molar-refractivity contribution in [3.63, 3.8) is 0 Å². The third-order valence-corrected chi connectivity index (χ3v) is 1.78. The van der Waals surface area contributed by atoms with Crippen molar-refractivity contribution in [2.45, 2.75) is 19.4 Å². The van der Waals surface area contributed by atoms with Crippen molar-refractivity contribution in [2.75, 3.05) is 5.32 Å². The number of anilines is 1. The van der Waals surface area contributed by atoms with Gasteiger partial charge in [-0.25, -0.2) is 0 Å². The van der Waals surface area contributed by atoms with Crippen LogP contribution in [0.3, 0.4) is 0 Å². The van der Waals surface area contributed by atoms with Crippen molar-refractivity contribution in [2.24, 2.45) is 15.4 Å². The summed E-state index contributed by atoms with van der Waals surface area (Å²) in [6, 6.07) is 1.38. The lowest BCUT2D eigenvalue weighted by molar-refractivity contribution is -0.116. The number of aryl methyl sites for hydroxylation is 1. The first-order chi connectivity index (χ1) is 7.24. The lowest BCUT2D eigenvalue weighted by Gasteiger charge is -2.01. The summed E-state index contributed by atoms with van der Waals surface area (Å²) in [5.74, 6) is 0.859. The van der Waals surface area contributed by atoms with Crippen LogP contribution in [0.5, 0.6) is 0 Å². The molecule has 7 nitrogen and oxygen atoms in total. The average Bonchev–Trinajstić information content (AvgIpc) is 2.77. The number of hydrogen-bond acceptors (Lipinski definition) is 6. The molecule has 1 atom stereocenters. The molecular formula is C8H9N5O2. The Kier molecular flexibility index (Phi) is 2.53. The zero-order valence-electron chi connectivity index (χ0n) is 8.04. The third kappa shape index (κ3) is 2.46. The van der Waals surface area contributed by atoms with Crippen molar-refractivity contribution in [3.8, 4) is 0 Å². The fraction of sp³-hybridized carbons (Fsp3) is 0.375. The van der Waals surface area contributed by atoms with Gasteiger partial charge < -0.3 is 9.84 Å². The Morgan fingerprint density at radius 2 is 2.53 bits per heavy atom. The molecule has 15 heavy (non-hydrogen) atoms. The molecule has 0 aliphatic carbocycles. The summed E-state index contributed by atoms with van der Waals surface area (Å²) in [4.78, 5) is 11.4. The Morgan fingerprint density at radius 1 is 1.67 bits per heavy atom. The highest BCUT2D eigenvalue weighted by molar-refractivity contribution is 5.92. The zero-order chi connectivity index (χ0) is 10.7. The van der Waals surface area contributed by atoms with Crippen LogP contribution in [0.4, 0.5) is 5.82 Å². The first kappa shape index (κ1) is 9.50. The van der Waals surface area contributed by atoms with E-state index in [4.69, 9.17) is 4.52 Å². The van der Waals surface area contributed by atoms with Crippen molar-refractivity contribution in [3.05, 3.63) is 11.8 Å². The number of carbonyl (C=O) groups excluding carboxylic acids is 1. The highest BCUT2D eigenvalue weighted by Gasteiger charge is 2.14. The predicted octanol–water partition coefficient (Wildman–Crippen LogP) is 1.13. The molecule has 0 radical (unpaired) electrons. The van der Waals surface area contributed by atoms with Crippen molar-refractivity contribution in [1.82, 2.24) is 5.16 Å². The smallest absolute Gasteiger partial charge is 0.228 e. The molecule has 1 amide bonds. The van der Waals surface area contributed by atoms with E-state index in [9.17, 15) is 4.79 Å². The molecule has 1 aromatic heterocycles. The molecule has 1 unspecified atom stereocenters. The summed E-state index contributed by atoms with van der Waals surface area (Å²) in [5, 5.41) is 16.9. The van der Waals surface area contributed by atoms with E-state index in [1.807, 2.05) is 0 Å². The van der Waals surface area contributed by atoms with Crippen LogP contribution in [0.15, 0.2) is 26.0 Å². The normalized spacial score (nSPS) is 18.3. The molecule has 1 aliphatic heterocycles. The van der Waals surface area contributed by atoms with Gasteiger partial charge in [0.15, 0.2) is 5.82 Å². The van der Waals surface area contributed by atoms with Crippen LogP contribution in [-0.2, 0) is 4.79 Å². The number of amides is 1. The van der Waals surface area contributed by atoms with E-state index in [2.05, 4.69) is 25.9 Å². The third-order valence-electron chi connectivity index (χ3n) is 1.78. The van der Waals surface area contributed by atoms with E-state index in [0.29, 0.717) is 11.6 Å². The van der Waals surface area contributed by atoms with Gasteiger partial charge in [0.1, 0.15) is 11.8 Å². The molecule has 2 rings (SSSR count). The predicted molar refractivity (Wildman–Crippen MR) is 51.6 cm³/mol. The monoisotopic (exact) mass is 207 g/mol. The van der Waals surface area contributed by atoms with Gasteiger partial charge in [-0.2, -0.15) is 5.11 Å². The van der Waals surface area contributed by atoms with Gasteiger partial charge >= 0.3 is 0 Å². The number of nitrogens with zero attached hydrogens (tertiary/aromatic N) is 4. The number of hydrogen-bond donors (Lipinski definition) is 1. The Balaban J connectivity index is 1.87. The summed E-state index contributed by atoms with van der Waals surface area (Å²) >= 11 is 0. The van der Waals surface area contributed by atoms with E-state index in [1.54, 1.807) is 13.0 Å². The highest BCUT2D eigenvalue weighted by atomic mass is 16.5. The second-order valence-electron chi connectivity index (χ2n) is 3.11. The summed E-state index contributed by atoms with van der Waals surface area (Å²) in [6.45, 7) is 1.75. The van der Waals surface area contributed by atoms with E-state index in [0.717, 1.165) is 0 Å². The van der Waals surface area contributed by atoms with E-state index in [1.165, 1.54) is 6.21 Å². The standard InChI is InChI=1S/C8H9N5O2/c1-5-2-7(12-15-5)10-8(14)3-6-4-9-13-11-6/h2,4,6H,3H2,1H3,(H,10,12,14). The summed E-state index contributed by atoms with van der Waals surface area (Å²) in [5.41, 5.74) is 0. The SMILES string of the molecule is Cc1cc(NC(=O)CC2C=NN=N2)no1. The topological polar surface area (TPSA) is 92.2 Å². The Hall–Kier alpha value is -2.05. The van der Waals surface area contributed by atoms with Crippen molar-refractivity contribution < 1.29 is 9.32 Å². The van der Waals surface area contributed by atoms with E-state index < -0.39 is 0 Å². The summed E-state index contributed by atoms with van der Waals surface area (Å²) in [7, 11) is 0. The van der Waals surface area contributed by atoms with Crippen molar-refractivity contribution >= 4 is 17.9 Å². The van der Waals surface area contributed by atoms with Gasteiger partial charge in [-0.05, 0) is 12.1 Å². The molecule has 78 valence electrons. The number of rotatable bonds is 3. The van der Waals surface area contributed by atoms with E-state index >= 15 is 0 Å². The first-order valence-electron chi connectivity index (χ1n) is 4.40. The second kappa shape index (κ2) is 3.99. The molecule has 7 heteroatoms. The fourth-order valence-electron chi connectivity index (χ4n) is 1.14. The Bertz CT molecular complexity index is 410. The van der Waals surface area contributed by atoms with Crippen molar-refractivity contribution in [1.29, 1.82) is 0 Å². The molecule has 0 spiro atoms. The average molecular weight is 207 g/mol. The largest absolute Gasteiger partial charge is 0.360 e. The molecular weight excluding hydrogens is 198 g/mol. The molecule has 1 N–H and O–H groups in total. The minimum Gasteiger partial charge on any atom is -0.360 e. The van der Waals surface area contributed by atoms with Gasteiger partial charge in [0.2, 0.25) is 5.91 Å². The molecule has 1 aromatic rings. The molecule has 1 aliphatic rings. The number of carbonyl (C=O) groups is 1. The van der Waals surface area contributed by atoms with Crippen LogP contribution in [0.2, 0.25) is 0 Å². The molecule has 0 saturated heterocycles. The molecule has 0 fully saturated rings. The zero-order valence-corrected chi connectivity index (χ0v) is 8.04. The Labute approximate surface area is 85.2 Å². The van der Waals surface area contributed by atoms with Gasteiger partial charge in [-0.3, -0.25) is 4.79 Å². The minimum absolute atomic E-state index is 0.194. The van der Waals surface area contributed by atoms with Gasteiger partial charge in [-0.1, -0.05) is 5.16 Å². The molecule has 0 saturated carbocycles. The molecule has 2 heterocycles. The van der Waals surface area contributed by atoms with Gasteiger partial charge in [0, 0.05) is 6.07 Å². The molecule has 0 bridgehead atoms. The quantitative estimate of drug-likeness (QED) is 0.805. The van der Waals surface area contributed by atoms with E-state index in [-0.39, 0.29) is 18.4 Å². The van der Waals surface area contributed by atoms with Crippen LogP contribution >= 0.6 is 0 Å². The fourth-order valence-corrected chi connectivity index (χ4v) is 1.14. The lowest BCUT2D eigenvalue weighted by atomic mass is 10.2. The lowest BCUT2D eigenvalue weighted by Crippen LogP contribution is -2.18. The maximum Gasteiger partial charge on any atom is 0.228 e. The molecule has 0 aromatic carbocycles. The van der Waals surface area contributed by atoms with Gasteiger partial charge in [0.25, 0.3) is 0 Å². The number of aromatic nitrogens is 1. The van der Waals surface area contributed by atoms with Gasteiger partial charge in [0.05, 0.1) is 12.6 Å². The van der Waals surface area contributed by atoms with Crippen LogP contribution in [0.1, 0.15) is 12.2 Å².